The maximum absolute atomic E-state index is 13.3. The van der Waals surface area contributed by atoms with Gasteiger partial charge in [0, 0.05) is 51.7 Å². The lowest BCUT2D eigenvalue weighted by Crippen LogP contribution is -2.54. The van der Waals surface area contributed by atoms with Gasteiger partial charge in [-0.2, -0.15) is 13.2 Å². The molecule has 1 aliphatic carbocycles. The van der Waals surface area contributed by atoms with Gasteiger partial charge < -0.3 is 10.4 Å². The van der Waals surface area contributed by atoms with Crippen molar-refractivity contribution >= 4 is 0 Å². The number of aliphatic hydroxyl groups excluding tert-OH is 1. The van der Waals surface area contributed by atoms with Gasteiger partial charge in [0.1, 0.15) is 0 Å². The van der Waals surface area contributed by atoms with E-state index >= 15 is 0 Å². The molecule has 2 atom stereocenters. The summed E-state index contributed by atoms with van der Waals surface area (Å²) in [4.78, 5) is 2.13. The second-order valence-electron chi connectivity index (χ2n) is 6.94. The van der Waals surface area contributed by atoms with Gasteiger partial charge in [-0.3, -0.25) is 4.90 Å². The molecule has 1 aliphatic heterocycles. The highest BCUT2D eigenvalue weighted by molar-refractivity contribution is 5.28. The second-order valence-corrected chi connectivity index (χ2v) is 6.94. The van der Waals surface area contributed by atoms with Crippen LogP contribution in [0.4, 0.5) is 22.0 Å². The number of hydrogen-bond donors (Lipinski definition) is 2. The van der Waals surface area contributed by atoms with Gasteiger partial charge in [0.15, 0.2) is 0 Å². The third-order valence-electron chi connectivity index (χ3n) is 4.94. The van der Waals surface area contributed by atoms with Crippen molar-refractivity contribution < 1.29 is 27.1 Å². The van der Waals surface area contributed by atoms with Crippen molar-refractivity contribution in [2.24, 2.45) is 5.92 Å². The van der Waals surface area contributed by atoms with Crippen LogP contribution in [0.3, 0.4) is 0 Å². The lowest BCUT2D eigenvalue weighted by Gasteiger charge is -2.47. The third-order valence-corrected chi connectivity index (χ3v) is 4.94. The van der Waals surface area contributed by atoms with Gasteiger partial charge in [0.05, 0.1) is 5.56 Å². The minimum absolute atomic E-state index is 0.197. The Balaban J connectivity index is 0.00000117. The summed E-state index contributed by atoms with van der Waals surface area (Å²) in [5, 5.41) is 10.3. The minimum Gasteiger partial charge on any atom is -0.400 e. The van der Waals surface area contributed by atoms with Crippen LogP contribution in [0, 0.1) is 5.92 Å². The summed E-state index contributed by atoms with van der Waals surface area (Å²) in [7, 11) is 1.00. The molecule has 2 fully saturated rings. The van der Waals surface area contributed by atoms with E-state index in [-0.39, 0.29) is 30.8 Å². The van der Waals surface area contributed by atoms with Crippen molar-refractivity contribution in [3.8, 4) is 0 Å². The lowest BCUT2D eigenvalue weighted by molar-refractivity contribution is -0.137. The molecule has 3 rings (SSSR count). The van der Waals surface area contributed by atoms with Crippen LogP contribution >= 0.6 is 0 Å². The summed E-state index contributed by atoms with van der Waals surface area (Å²) in [5.74, 6) is -2.86. The average Bonchev–Trinajstić information content (AvgIpc) is 2.55. The molecule has 0 aromatic heterocycles. The molecular weight excluding hydrogens is 355 g/mol. The molecule has 0 radical (unpaired) electrons. The van der Waals surface area contributed by atoms with E-state index < -0.39 is 17.7 Å². The molecule has 3 nitrogen and oxygen atoms in total. The van der Waals surface area contributed by atoms with Gasteiger partial charge in [-0.05, 0) is 30.5 Å². The Morgan fingerprint density at radius 3 is 2.19 bits per heavy atom. The molecule has 1 heterocycles. The number of halogens is 5. The first kappa shape index (κ1) is 21.1. The lowest BCUT2D eigenvalue weighted by atomic mass is 9.73. The van der Waals surface area contributed by atoms with E-state index in [1.165, 1.54) is 12.1 Å². The van der Waals surface area contributed by atoms with Gasteiger partial charge in [-0.15, -0.1) is 0 Å². The number of nitrogens with zero attached hydrogens (tertiary/aromatic N) is 1. The van der Waals surface area contributed by atoms with Gasteiger partial charge in [0.25, 0.3) is 0 Å². The predicted molar refractivity (Wildman–Crippen MR) is 89.0 cm³/mol. The molecule has 1 saturated carbocycles. The molecule has 2 unspecified atom stereocenters. The highest BCUT2D eigenvalue weighted by atomic mass is 19.4. The van der Waals surface area contributed by atoms with Crippen LogP contribution in [-0.2, 0) is 6.18 Å². The SMILES string of the molecule is CC1CN(C(c2ccc(C(F)(F)F)cc2)C2CC(F)(F)C2)CCN1.CO. The van der Waals surface area contributed by atoms with E-state index in [2.05, 4.69) is 10.2 Å². The fourth-order valence-electron chi connectivity index (χ4n) is 3.80. The molecule has 0 spiro atoms. The topological polar surface area (TPSA) is 35.5 Å². The third kappa shape index (κ3) is 4.92. The zero-order chi connectivity index (χ0) is 19.5. The summed E-state index contributed by atoms with van der Waals surface area (Å²) in [5.41, 5.74) is -0.0183. The number of aliphatic hydroxyl groups is 1. The maximum Gasteiger partial charge on any atom is 0.416 e. The largest absolute Gasteiger partial charge is 0.416 e. The Labute approximate surface area is 150 Å². The van der Waals surface area contributed by atoms with Crippen LogP contribution in [0.1, 0.15) is 36.9 Å². The molecule has 0 amide bonds. The number of piperazine rings is 1. The zero-order valence-electron chi connectivity index (χ0n) is 14.9. The molecule has 2 N–H and O–H groups in total. The zero-order valence-corrected chi connectivity index (χ0v) is 14.9. The van der Waals surface area contributed by atoms with Gasteiger partial charge in [-0.25, -0.2) is 8.78 Å². The summed E-state index contributed by atoms with van der Waals surface area (Å²) in [6.07, 6.45) is -4.78. The summed E-state index contributed by atoms with van der Waals surface area (Å²) >= 11 is 0. The van der Waals surface area contributed by atoms with E-state index in [0.717, 1.165) is 25.8 Å². The average molecular weight is 380 g/mol. The predicted octanol–water partition coefficient (Wildman–Crippen LogP) is 3.69. The van der Waals surface area contributed by atoms with Gasteiger partial charge in [-0.1, -0.05) is 12.1 Å². The molecule has 1 aromatic rings. The van der Waals surface area contributed by atoms with Crippen molar-refractivity contribution in [2.75, 3.05) is 26.7 Å². The van der Waals surface area contributed by atoms with E-state index in [9.17, 15) is 22.0 Å². The number of nitrogens with one attached hydrogen (secondary N) is 1. The molecule has 2 aliphatic rings. The van der Waals surface area contributed by atoms with Gasteiger partial charge in [0.2, 0.25) is 5.92 Å². The van der Waals surface area contributed by atoms with E-state index in [1.807, 2.05) is 6.92 Å². The van der Waals surface area contributed by atoms with Gasteiger partial charge >= 0.3 is 6.18 Å². The van der Waals surface area contributed by atoms with Crippen LogP contribution in [0.5, 0.6) is 0 Å². The second kappa shape index (κ2) is 8.19. The van der Waals surface area contributed by atoms with Crippen LogP contribution < -0.4 is 5.32 Å². The Morgan fingerprint density at radius 1 is 1.15 bits per heavy atom. The van der Waals surface area contributed by atoms with E-state index in [0.29, 0.717) is 18.7 Å². The first-order valence-corrected chi connectivity index (χ1v) is 8.63. The summed E-state index contributed by atoms with van der Waals surface area (Å²) in [6.45, 7) is 4.18. The highest BCUT2D eigenvalue weighted by Gasteiger charge is 2.50. The first-order chi connectivity index (χ1) is 12.2. The molecule has 1 aromatic carbocycles. The molecule has 148 valence electrons. The Morgan fingerprint density at radius 2 is 1.73 bits per heavy atom. The normalized spacial score (nSPS) is 25.0. The fraction of sp³-hybridized carbons (Fsp3) is 0.667. The summed E-state index contributed by atoms with van der Waals surface area (Å²) in [6, 6.07) is 4.95. The maximum atomic E-state index is 13.3. The standard InChI is InChI=1S/C17H21F5N2.CH4O/c1-11-10-24(7-6-23-11)15(13-8-16(18,19)9-13)12-2-4-14(5-3-12)17(20,21)22;1-2/h2-5,11,13,15,23H,6-10H2,1H3;2H,1H3. The van der Waals surface area contributed by atoms with Crippen molar-refractivity contribution in [1.82, 2.24) is 10.2 Å². The number of benzene rings is 1. The van der Waals surface area contributed by atoms with Crippen molar-refractivity contribution in [3.05, 3.63) is 35.4 Å². The Hall–Kier alpha value is -1.25. The van der Waals surface area contributed by atoms with E-state index in [1.54, 1.807) is 0 Å². The quantitative estimate of drug-likeness (QED) is 0.785. The van der Waals surface area contributed by atoms with Crippen LogP contribution in [0.15, 0.2) is 24.3 Å². The van der Waals surface area contributed by atoms with E-state index in [4.69, 9.17) is 5.11 Å². The van der Waals surface area contributed by atoms with Crippen molar-refractivity contribution in [1.29, 1.82) is 0 Å². The van der Waals surface area contributed by atoms with Crippen molar-refractivity contribution in [2.45, 2.75) is 43.9 Å². The number of hydrogen-bond acceptors (Lipinski definition) is 3. The van der Waals surface area contributed by atoms with Crippen LogP contribution in [-0.4, -0.2) is 48.7 Å². The molecule has 1 saturated heterocycles. The number of rotatable bonds is 3. The molecule has 0 bridgehead atoms. The molecule has 8 heteroatoms. The monoisotopic (exact) mass is 380 g/mol. The fourth-order valence-corrected chi connectivity index (χ4v) is 3.80. The Kier molecular flexibility index (Phi) is 6.63. The van der Waals surface area contributed by atoms with Crippen molar-refractivity contribution in [3.63, 3.8) is 0 Å². The first-order valence-electron chi connectivity index (χ1n) is 8.63. The van der Waals surface area contributed by atoms with Crippen LogP contribution in [0.25, 0.3) is 0 Å². The van der Waals surface area contributed by atoms with Crippen LogP contribution in [0.2, 0.25) is 0 Å². The smallest absolute Gasteiger partial charge is 0.400 e. The Bertz CT molecular complexity index is 568. The highest BCUT2D eigenvalue weighted by Crippen LogP contribution is 2.50. The summed E-state index contributed by atoms with van der Waals surface area (Å²) < 4.78 is 64.9. The number of alkyl halides is 5. The molecular formula is C18H25F5N2O. The minimum atomic E-state index is -4.39. The molecule has 26 heavy (non-hydrogen) atoms.